The number of hydrogen-bond donors (Lipinski definition) is 0. The number of esters is 1. The maximum Gasteiger partial charge on any atom is 0.308 e. The van der Waals surface area contributed by atoms with E-state index in [0.717, 1.165) is 0 Å². The molecule has 0 aromatic carbocycles. The lowest BCUT2D eigenvalue weighted by molar-refractivity contribution is -0.176. The Labute approximate surface area is 122 Å². The molecule has 1 fully saturated rings. The topological polar surface area (TPSA) is 61.8 Å². The van der Waals surface area contributed by atoms with E-state index in [-0.39, 0.29) is 11.9 Å². The molecule has 5 nitrogen and oxygen atoms in total. The third-order valence-electron chi connectivity index (χ3n) is 3.83. The molecule has 0 N–H and O–H groups in total. The zero-order valence-electron chi connectivity index (χ0n) is 13.6. The Morgan fingerprint density at radius 3 is 2.25 bits per heavy atom. The first-order valence-corrected chi connectivity index (χ1v) is 7.37. The third kappa shape index (κ3) is 4.43. The summed E-state index contributed by atoms with van der Waals surface area (Å²) in [6.07, 6.45) is 1.25. The molecular formula is C15H28NO4-. The Morgan fingerprint density at radius 2 is 1.80 bits per heavy atom. The zero-order valence-corrected chi connectivity index (χ0v) is 13.6. The molecule has 1 unspecified atom stereocenters. The number of ether oxygens (including phenoxy) is 2. The monoisotopic (exact) mass is 286 g/mol. The third-order valence-corrected chi connectivity index (χ3v) is 3.83. The lowest BCUT2D eigenvalue weighted by Gasteiger charge is -2.60. The first-order valence-electron chi connectivity index (χ1n) is 7.37. The van der Waals surface area contributed by atoms with Gasteiger partial charge in [0.15, 0.2) is 6.29 Å². The van der Waals surface area contributed by atoms with Crippen LogP contribution in [0.4, 0.5) is 0 Å². The smallest absolute Gasteiger partial charge is 0.308 e. The van der Waals surface area contributed by atoms with Crippen LogP contribution < -0.4 is 0 Å². The minimum absolute atomic E-state index is 0.173. The van der Waals surface area contributed by atoms with Crippen LogP contribution in [-0.2, 0) is 14.3 Å². The molecule has 0 bridgehead atoms. The molecule has 1 saturated heterocycles. The van der Waals surface area contributed by atoms with Gasteiger partial charge in [-0.2, -0.15) is 0 Å². The quantitative estimate of drug-likeness (QED) is 0.574. The van der Waals surface area contributed by atoms with E-state index in [1.54, 1.807) is 6.92 Å². The van der Waals surface area contributed by atoms with Gasteiger partial charge in [-0.15, -0.1) is 0 Å². The van der Waals surface area contributed by atoms with Crippen molar-refractivity contribution in [3.63, 3.8) is 0 Å². The van der Waals surface area contributed by atoms with E-state index in [9.17, 15) is 10.0 Å². The molecule has 0 amide bonds. The Bertz CT molecular complexity index is 323. The second kappa shape index (κ2) is 6.41. The minimum Gasteiger partial charge on any atom is -0.784 e. The van der Waals surface area contributed by atoms with E-state index in [4.69, 9.17) is 9.47 Å². The Balaban J connectivity index is 2.58. The average Bonchev–Trinajstić information content (AvgIpc) is 2.24. The van der Waals surface area contributed by atoms with Gasteiger partial charge >= 0.3 is 5.97 Å². The molecule has 20 heavy (non-hydrogen) atoms. The summed E-state index contributed by atoms with van der Waals surface area (Å²) in [4.78, 5) is 11.9. The van der Waals surface area contributed by atoms with Crippen LogP contribution in [0.25, 0.3) is 0 Å². The number of nitrogens with zero attached hydrogens (tertiary/aromatic N) is 1. The van der Waals surface area contributed by atoms with Crippen LogP contribution in [0.15, 0.2) is 0 Å². The summed E-state index contributed by atoms with van der Waals surface area (Å²) < 4.78 is 10.4. The number of carbonyl (C=O) groups is 1. The Kier molecular flexibility index (Phi) is 5.58. The summed E-state index contributed by atoms with van der Waals surface area (Å²) in [5.74, 6) is -0.0755. The molecule has 1 heterocycles. The highest BCUT2D eigenvalue weighted by Gasteiger charge is 2.40. The van der Waals surface area contributed by atoms with Crippen molar-refractivity contribution >= 4 is 5.97 Å². The van der Waals surface area contributed by atoms with Crippen molar-refractivity contribution in [1.82, 2.24) is 5.06 Å². The predicted octanol–water partition coefficient (Wildman–Crippen LogP) is 3.07. The average molecular weight is 286 g/mol. The summed E-state index contributed by atoms with van der Waals surface area (Å²) >= 11 is 0. The summed E-state index contributed by atoms with van der Waals surface area (Å²) in [6.45, 7) is 11.8. The highest BCUT2D eigenvalue weighted by molar-refractivity contribution is 5.69. The van der Waals surface area contributed by atoms with E-state index in [1.165, 1.54) is 5.06 Å². The van der Waals surface area contributed by atoms with Crippen LogP contribution in [0.3, 0.4) is 0 Å². The molecule has 0 saturated carbocycles. The zero-order chi connectivity index (χ0) is 15.6. The van der Waals surface area contributed by atoms with Gasteiger partial charge in [0.2, 0.25) is 0 Å². The maximum absolute atomic E-state index is 12.2. The minimum atomic E-state index is -0.506. The maximum atomic E-state index is 12.2. The molecular weight excluding hydrogens is 258 g/mol. The number of hydrogen-bond acceptors (Lipinski definition) is 5. The number of rotatable bonds is 5. The van der Waals surface area contributed by atoms with Crippen molar-refractivity contribution < 1.29 is 14.3 Å². The van der Waals surface area contributed by atoms with Crippen molar-refractivity contribution in [2.75, 3.05) is 6.61 Å². The standard InChI is InChI=1S/C15H28NO4/c1-7-19-11(2)20-13(17)8-12-9-14(3,4)16(18)15(5,6)10-12/h11-12H,7-10H2,1-6H3/q-1. The van der Waals surface area contributed by atoms with Crippen LogP contribution in [0.1, 0.15) is 60.8 Å². The van der Waals surface area contributed by atoms with Crippen molar-refractivity contribution in [3.05, 3.63) is 5.21 Å². The van der Waals surface area contributed by atoms with Crippen LogP contribution in [0, 0.1) is 11.1 Å². The van der Waals surface area contributed by atoms with Gasteiger partial charge in [-0.3, -0.25) is 4.79 Å². The molecule has 0 radical (unpaired) electrons. The van der Waals surface area contributed by atoms with Gasteiger partial charge in [0.1, 0.15) is 0 Å². The number of carbonyl (C=O) groups excluding carboxylic acids is 1. The summed E-state index contributed by atoms with van der Waals surface area (Å²) in [6, 6.07) is 0. The van der Waals surface area contributed by atoms with Crippen molar-refractivity contribution in [2.45, 2.75) is 78.2 Å². The number of hydroxylamine groups is 2. The van der Waals surface area contributed by atoms with Crippen LogP contribution in [0.5, 0.6) is 0 Å². The highest BCUT2D eigenvalue weighted by atomic mass is 16.7. The van der Waals surface area contributed by atoms with Gasteiger partial charge in [0, 0.05) is 24.1 Å². The molecule has 1 aliphatic rings. The molecule has 1 rings (SSSR count). The molecule has 0 aromatic heterocycles. The first-order chi connectivity index (χ1) is 9.08. The molecule has 1 aliphatic heterocycles. The van der Waals surface area contributed by atoms with E-state index in [0.29, 0.717) is 25.9 Å². The fraction of sp³-hybridized carbons (Fsp3) is 0.933. The number of piperidine rings is 1. The summed E-state index contributed by atoms with van der Waals surface area (Å²) in [5, 5.41) is 13.4. The lowest BCUT2D eigenvalue weighted by atomic mass is 9.74. The largest absolute Gasteiger partial charge is 0.784 e. The predicted molar refractivity (Wildman–Crippen MR) is 77.9 cm³/mol. The lowest BCUT2D eigenvalue weighted by Crippen LogP contribution is -2.57. The second-order valence-electron chi connectivity index (χ2n) is 6.91. The van der Waals surface area contributed by atoms with Gasteiger partial charge in [-0.25, -0.2) is 0 Å². The molecule has 0 aromatic rings. The van der Waals surface area contributed by atoms with Gasteiger partial charge in [-0.05, 0) is 60.3 Å². The van der Waals surface area contributed by atoms with Crippen molar-refractivity contribution in [1.29, 1.82) is 0 Å². The second-order valence-corrected chi connectivity index (χ2v) is 6.91. The molecule has 5 heteroatoms. The van der Waals surface area contributed by atoms with E-state index in [1.807, 2.05) is 34.6 Å². The summed E-state index contributed by atoms with van der Waals surface area (Å²) in [7, 11) is 0. The van der Waals surface area contributed by atoms with Gasteiger partial charge in [0.05, 0.1) is 0 Å². The molecule has 118 valence electrons. The fourth-order valence-corrected chi connectivity index (χ4v) is 3.35. The SMILES string of the molecule is CCOC(C)OC(=O)CC1CC(C)(C)N([O-])C(C)(C)C1. The molecule has 0 aliphatic carbocycles. The Morgan fingerprint density at radius 1 is 1.30 bits per heavy atom. The molecule has 1 atom stereocenters. The van der Waals surface area contributed by atoms with E-state index < -0.39 is 17.4 Å². The summed E-state index contributed by atoms with van der Waals surface area (Å²) in [5.41, 5.74) is -0.892. The van der Waals surface area contributed by atoms with Gasteiger partial charge in [0.25, 0.3) is 0 Å². The van der Waals surface area contributed by atoms with E-state index in [2.05, 4.69) is 0 Å². The van der Waals surface area contributed by atoms with Crippen LogP contribution in [-0.4, -0.2) is 35.0 Å². The van der Waals surface area contributed by atoms with E-state index >= 15 is 0 Å². The van der Waals surface area contributed by atoms with Crippen LogP contribution >= 0.6 is 0 Å². The van der Waals surface area contributed by atoms with Crippen molar-refractivity contribution in [3.8, 4) is 0 Å². The van der Waals surface area contributed by atoms with Gasteiger partial charge in [-0.1, -0.05) is 0 Å². The Hall–Kier alpha value is -0.650. The van der Waals surface area contributed by atoms with Gasteiger partial charge < -0.3 is 19.7 Å². The molecule has 0 spiro atoms. The fourth-order valence-electron chi connectivity index (χ4n) is 3.35. The van der Waals surface area contributed by atoms with Crippen LogP contribution in [0.2, 0.25) is 0 Å². The van der Waals surface area contributed by atoms with Crippen molar-refractivity contribution in [2.24, 2.45) is 5.92 Å². The highest BCUT2D eigenvalue weighted by Crippen LogP contribution is 2.41. The normalized spacial score (nSPS) is 24.4. The first kappa shape index (κ1) is 17.4.